The van der Waals surface area contributed by atoms with Crippen molar-refractivity contribution >= 4 is 19.9 Å². The summed E-state index contributed by atoms with van der Waals surface area (Å²) < 4.78 is 49.2. The van der Waals surface area contributed by atoms with E-state index in [-0.39, 0.29) is 31.0 Å². The van der Waals surface area contributed by atoms with Crippen LogP contribution in [0, 0.1) is 0 Å². The van der Waals surface area contributed by atoms with Crippen LogP contribution in [0.4, 0.5) is 0 Å². The molecule has 2 aliphatic heterocycles. The van der Waals surface area contributed by atoms with Crippen molar-refractivity contribution in [3.8, 4) is 0 Å². The van der Waals surface area contributed by atoms with E-state index in [2.05, 4.69) is 0 Å². The number of nitrogens with zero attached hydrogens (tertiary/aromatic N) is 2. The van der Waals surface area contributed by atoms with Crippen molar-refractivity contribution in [2.45, 2.75) is 18.1 Å². The predicted octanol–water partition coefficient (Wildman–Crippen LogP) is -1.50. The Labute approximate surface area is 120 Å². The molecule has 118 valence electrons. The highest BCUT2D eigenvalue weighted by molar-refractivity contribution is 7.92. The van der Waals surface area contributed by atoms with Gasteiger partial charge in [-0.15, -0.1) is 0 Å². The van der Waals surface area contributed by atoms with E-state index in [0.717, 1.165) is 0 Å². The fraction of sp³-hybridized carbons (Fsp3) is 1.00. The molecule has 0 atom stereocenters. The number of aliphatic hydroxyl groups excluding tert-OH is 1. The molecule has 0 unspecified atom stereocenters. The number of hydrogen-bond acceptors (Lipinski definition) is 6. The Bertz CT molecular complexity index is 509. The molecular weight excluding hydrogens is 304 g/mol. The van der Waals surface area contributed by atoms with Crippen molar-refractivity contribution in [1.29, 1.82) is 0 Å². The molecule has 0 aromatic carbocycles. The maximum Gasteiger partial charge on any atom is 0.217 e. The van der Waals surface area contributed by atoms with Gasteiger partial charge in [-0.3, -0.25) is 4.90 Å². The normalized spacial score (nSPS) is 26.6. The summed E-state index contributed by atoms with van der Waals surface area (Å²) in [5.74, 6) is -0.0528. The smallest absolute Gasteiger partial charge is 0.217 e. The number of aliphatic hydroxyl groups is 1. The van der Waals surface area contributed by atoms with Crippen molar-refractivity contribution < 1.29 is 21.9 Å². The molecule has 2 rings (SSSR count). The minimum atomic E-state index is -3.39. The third-order valence-electron chi connectivity index (χ3n) is 4.03. The molecule has 2 saturated heterocycles. The summed E-state index contributed by atoms with van der Waals surface area (Å²) in [6, 6.07) is 0. The third-order valence-corrected chi connectivity index (χ3v) is 8.14. The Hall–Kier alpha value is -0.220. The van der Waals surface area contributed by atoms with Gasteiger partial charge in [0.25, 0.3) is 0 Å². The van der Waals surface area contributed by atoms with Crippen LogP contribution in [0.2, 0.25) is 0 Å². The summed E-state index contributed by atoms with van der Waals surface area (Å²) in [5, 5.41) is 8.31. The van der Waals surface area contributed by atoms with Gasteiger partial charge in [-0.1, -0.05) is 0 Å². The fourth-order valence-electron chi connectivity index (χ4n) is 2.73. The molecular formula is C11H22N2O5S2. The number of sulfone groups is 1. The van der Waals surface area contributed by atoms with E-state index in [1.165, 1.54) is 4.31 Å². The molecule has 0 amide bonds. The highest BCUT2D eigenvalue weighted by Crippen LogP contribution is 2.23. The van der Waals surface area contributed by atoms with Gasteiger partial charge in [0.1, 0.15) is 9.84 Å². The topological polar surface area (TPSA) is 95.0 Å². The van der Waals surface area contributed by atoms with Crippen molar-refractivity contribution in [3.63, 3.8) is 0 Å². The quantitative estimate of drug-likeness (QED) is 0.676. The maximum atomic E-state index is 12.5. The second kappa shape index (κ2) is 6.27. The van der Waals surface area contributed by atoms with Gasteiger partial charge in [0.2, 0.25) is 10.0 Å². The Morgan fingerprint density at radius 2 is 1.60 bits per heavy atom. The lowest BCUT2D eigenvalue weighted by atomic mass is 10.2. The summed E-state index contributed by atoms with van der Waals surface area (Å²) in [6.07, 6.45) is 0.420. The van der Waals surface area contributed by atoms with Crippen LogP contribution in [0.5, 0.6) is 0 Å². The highest BCUT2D eigenvalue weighted by atomic mass is 32.2. The van der Waals surface area contributed by atoms with Gasteiger partial charge in [-0.25, -0.2) is 16.8 Å². The number of sulfonamides is 1. The molecule has 20 heavy (non-hydrogen) atoms. The standard InChI is InChI=1S/C11H22N2O5S2/c14-8-7-12-3-5-13(6-4-12)20(17,18)11-1-9-19(15,16)10-2-11/h11,14H,1-10H2. The largest absolute Gasteiger partial charge is 0.395 e. The zero-order valence-corrected chi connectivity index (χ0v) is 13.1. The lowest BCUT2D eigenvalue weighted by Crippen LogP contribution is -2.52. The van der Waals surface area contributed by atoms with Gasteiger partial charge in [0, 0.05) is 32.7 Å². The second-order valence-electron chi connectivity index (χ2n) is 5.36. The van der Waals surface area contributed by atoms with Crippen LogP contribution in [0.15, 0.2) is 0 Å². The summed E-state index contributed by atoms with van der Waals surface area (Å²) in [4.78, 5) is 2.03. The summed E-state index contributed by atoms with van der Waals surface area (Å²) in [6.45, 7) is 2.72. The SMILES string of the molecule is O=S1(=O)CCC(S(=O)(=O)N2CCN(CCO)CC2)CC1. The molecule has 0 aromatic rings. The van der Waals surface area contributed by atoms with Gasteiger partial charge in [-0.2, -0.15) is 4.31 Å². The Morgan fingerprint density at radius 3 is 2.10 bits per heavy atom. The molecule has 9 heteroatoms. The van der Waals surface area contributed by atoms with Crippen LogP contribution in [0.25, 0.3) is 0 Å². The van der Waals surface area contributed by atoms with E-state index < -0.39 is 25.1 Å². The first-order valence-electron chi connectivity index (χ1n) is 6.88. The molecule has 2 heterocycles. The summed E-state index contributed by atoms with van der Waals surface area (Å²) >= 11 is 0. The molecule has 0 aromatic heterocycles. The second-order valence-corrected chi connectivity index (χ2v) is 9.88. The molecule has 0 aliphatic carbocycles. The van der Waals surface area contributed by atoms with E-state index in [0.29, 0.717) is 32.7 Å². The molecule has 0 radical (unpaired) electrons. The van der Waals surface area contributed by atoms with Crippen molar-refractivity contribution in [1.82, 2.24) is 9.21 Å². The van der Waals surface area contributed by atoms with Gasteiger partial charge >= 0.3 is 0 Å². The highest BCUT2D eigenvalue weighted by Gasteiger charge is 2.37. The average Bonchev–Trinajstić information content (AvgIpc) is 2.39. The lowest BCUT2D eigenvalue weighted by Gasteiger charge is -2.36. The number of piperazine rings is 1. The van der Waals surface area contributed by atoms with Crippen LogP contribution >= 0.6 is 0 Å². The van der Waals surface area contributed by atoms with Crippen molar-refractivity contribution in [2.24, 2.45) is 0 Å². The molecule has 0 saturated carbocycles. The molecule has 0 spiro atoms. The van der Waals surface area contributed by atoms with Gasteiger partial charge < -0.3 is 5.11 Å². The van der Waals surface area contributed by atoms with Crippen LogP contribution in [-0.2, 0) is 19.9 Å². The van der Waals surface area contributed by atoms with E-state index in [1.807, 2.05) is 4.90 Å². The van der Waals surface area contributed by atoms with E-state index in [9.17, 15) is 16.8 Å². The Kier molecular flexibility index (Phi) is 5.06. The van der Waals surface area contributed by atoms with E-state index >= 15 is 0 Å². The molecule has 7 nitrogen and oxygen atoms in total. The van der Waals surface area contributed by atoms with Gasteiger partial charge in [-0.05, 0) is 12.8 Å². The third kappa shape index (κ3) is 3.70. The monoisotopic (exact) mass is 326 g/mol. The number of β-amino-alcohol motifs (C(OH)–C–C–N with tert-alkyl or cyclic N) is 1. The van der Waals surface area contributed by atoms with Crippen LogP contribution < -0.4 is 0 Å². The Balaban J connectivity index is 1.95. The van der Waals surface area contributed by atoms with Crippen LogP contribution in [0.1, 0.15) is 12.8 Å². The first-order chi connectivity index (χ1) is 9.35. The van der Waals surface area contributed by atoms with Crippen LogP contribution in [0.3, 0.4) is 0 Å². The minimum absolute atomic E-state index is 0.0264. The first-order valence-corrected chi connectivity index (χ1v) is 10.2. The molecule has 0 bridgehead atoms. The van der Waals surface area contributed by atoms with E-state index in [4.69, 9.17) is 5.11 Å². The van der Waals surface area contributed by atoms with Gasteiger partial charge in [0.15, 0.2) is 0 Å². The minimum Gasteiger partial charge on any atom is -0.395 e. The zero-order chi connectivity index (χ0) is 14.8. The van der Waals surface area contributed by atoms with Gasteiger partial charge in [0.05, 0.1) is 23.4 Å². The maximum absolute atomic E-state index is 12.5. The predicted molar refractivity (Wildman–Crippen MR) is 75.7 cm³/mol. The molecule has 2 aliphatic rings. The Morgan fingerprint density at radius 1 is 1.05 bits per heavy atom. The molecule has 2 fully saturated rings. The van der Waals surface area contributed by atoms with Crippen molar-refractivity contribution in [2.75, 3.05) is 50.8 Å². The fourth-order valence-corrected chi connectivity index (χ4v) is 6.44. The number of rotatable bonds is 4. The first kappa shape index (κ1) is 16.2. The summed E-state index contributed by atoms with van der Waals surface area (Å²) in [7, 11) is -6.44. The summed E-state index contributed by atoms with van der Waals surface area (Å²) in [5.41, 5.74) is 0. The van der Waals surface area contributed by atoms with Crippen LogP contribution in [-0.4, -0.2) is 87.2 Å². The van der Waals surface area contributed by atoms with E-state index in [1.54, 1.807) is 0 Å². The number of hydrogen-bond donors (Lipinski definition) is 1. The van der Waals surface area contributed by atoms with Crippen molar-refractivity contribution in [3.05, 3.63) is 0 Å². The lowest BCUT2D eigenvalue weighted by molar-refractivity contribution is 0.151. The molecule has 1 N–H and O–H groups in total. The zero-order valence-electron chi connectivity index (χ0n) is 11.4. The average molecular weight is 326 g/mol.